The molecule has 0 aliphatic carbocycles. The summed E-state index contributed by atoms with van der Waals surface area (Å²) in [5.74, 6) is 0.284. The van der Waals surface area contributed by atoms with Crippen molar-refractivity contribution in [3.63, 3.8) is 0 Å². The highest BCUT2D eigenvalue weighted by molar-refractivity contribution is 5.29. The van der Waals surface area contributed by atoms with Gasteiger partial charge < -0.3 is 0 Å². The van der Waals surface area contributed by atoms with E-state index in [1.165, 1.54) is 10.6 Å². The molecule has 1 rings (SSSR count). The lowest BCUT2D eigenvalue weighted by Crippen LogP contribution is -2.42. The highest BCUT2D eigenvalue weighted by Gasteiger charge is 2.32. The number of rotatable bonds is 3. The second-order valence-electron chi connectivity index (χ2n) is 8.06. The summed E-state index contributed by atoms with van der Waals surface area (Å²) in [4.78, 5) is 0. The first-order valence-corrected chi connectivity index (χ1v) is 7.51. The molecule has 1 radical (unpaired) electrons. The quantitative estimate of drug-likeness (QED) is 0.702. The lowest BCUT2D eigenvalue weighted by atomic mass is 9.85. The highest BCUT2D eigenvalue weighted by atomic mass is 16.5. The van der Waals surface area contributed by atoms with Crippen LogP contribution in [0.15, 0.2) is 24.3 Å². The second-order valence-corrected chi connectivity index (χ2v) is 8.06. The summed E-state index contributed by atoms with van der Waals surface area (Å²) in [5.41, 5.74) is 2.18. The Kier molecular flexibility index (Phi) is 5.04. The van der Waals surface area contributed by atoms with Crippen molar-refractivity contribution < 1.29 is 5.21 Å². The van der Waals surface area contributed by atoms with Crippen LogP contribution < -0.4 is 0 Å². The molecule has 0 aliphatic rings. The van der Waals surface area contributed by atoms with Crippen LogP contribution in [0, 0.1) is 5.92 Å². The molecular formula is C18H30NO. The van der Waals surface area contributed by atoms with Crippen molar-refractivity contribution in [2.75, 3.05) is 0 Å². The molecule has 1 aromatic rings. The minimum absolute atomic E-state index is 0.0935. The molecule has 0 heterocycles. The summed E-state index contributed by atoms with van der Waals surface area (Å²) in [6.45, 7) is 16.7. The van der Waals surface area contributed by atoms with Crippen LogP contribution in [0.2, 0.25) is 0 Å². The van der Waals surface area contributed by atoms with Crippen LogP contribution in [0.3, 0.4) is 0 Å². The topological polar surface area (TPSA) is 23.1 Å². The van der Waals surface area contributed by atoms with Crippen LogP contribution in [0.1, 0.15) is 72.6 Å². The van der Waals surface area contributed by atoms with E-state index >= 15 is 0 Å². The van der Waals surface area contributed by atoms with Crippen LogP contribution in [-0.4, -0.2) is 10.6 Å². The number of hydroxylamine groups is 2. The minimum Gasteiger partial charge on any atom is -0.142 e. The van der Waals surface area contributed by atoms with Crippen LogP contribution in [0.4, 0.5) is 0 Å². The number of benzene rings is 1. The molecule has 1 aromatic carbocycles. The van der Waals surface area contributed by atoms with Gasteiger partial charge in [-0.3, -0.25) is 0 Å². The smallest absolute Gasteiger partial charge is 0.0661 e. The largest absolute Gasteiger partial charge is 0.142 e. The first-order chi connectivity index (χ1) is 8.94. The van der Waals surface area contributed by atoms with Gasteiger partial charge in [0, 0.05) is 5.54 Å². The van der Waals surface area contributed by atoms with Gasteiger partial charge in [-0.1, -0.05) is 58.9 Å². The van der Waals surface area contributed by atoms with Gasteiger partial charge in [-0.15, -0.1) is 10.3 Å². The van der Waals surface area contributed by atoms with Crippen molar-refractivity contribution in [1.29, 1.82) is 0 Å². The van der Waals surface area contributed by atoms with E-state index in [0.717, 1.165) is 5.56 Å². The zero-order valence-electron chi connectivity index (χ0n) is 14.3. The summed E-state index contributed by atoms with van der Waals surface area (Å²) in [5, 5.41) is 13.8. The summed E-state index contributed by atoms with van der Waals surface area (Å²) < 4.78 is 0. The zero-order valence-corrected chi connectivity index (χ0v) is 14.3. The van der Waals surface area contributed by atoms with Gasteiger partial charge >= 0.3 is 0 Å². The van der Waals surface area contributed by atoms with Gasteiger partial charge in [0.2, 0.25) is 0 Å². The van der Waals surface area contributed by atoms with Gasteiger partial charge in [0.15, 0.2) is 0 Å². The molecule has 0 aliphatic heterocycles. The van der Waals surface area contributed by atoms with E-state index in [4.69, 9.17) is 0 Å². The molecule has 0 spiro atoms. The Hall–Kier alpha value is -0.860. The van der Waals surface area contributed by atoms with E-state index in [9.17, 15) is 5.21 Å². The maximum atomic E-state index is 12.6. The molecular weight excluding hydrogens is 246 g/mol. The third-order valence-electron chi connectivity index (χ3n) is 3.66. The van der Waals surface area contributed by atoms with Crippen LogP contribution in [0.5, 0.6) is 0 Å². The Bertz CT molecular complexity index is 420. The Balaban J connectivity index is 3.12. The van der Waals surface area contributed by atoms with E-state index in [1.807, 2.05) is 20.8 Å². The SMILES string of the molecule is CC(C)C(c1ccc(C(C)(C)C)cc1)N([O])C(C)(C)C. The number of hydrogen-bond acceptors (Lipinski definition) is 1. The average molecular weight is 276 g/mol. The van der Waals surface area contributed by atoms with E-state index in [0.29, 0.717) is 0 Å². The Labute approximate surface area is 124 Å². The predicted octanol–water partition coefficient (Wildman–Crippen LogP) is 5.13. The van der Waals surface area contributed by atoms with Gasteiger partial charge in [-0.05, 0) is 43.2 Å². The monoisotopic (exact) mass is 276 g/mol. The van der Waals surface area contributed by atoms with Gasteiger partial charge in [-0.2, -0.15) is 0 Å². The molecule has 0 saturated carbocycles. The van der Waals surface area contributed by atoms with Gasteiger partial charge in [0.05, 0.1) is 6.04 Å². The standard InChI is InChI=1S/C18H30NO/c1-13(2)16(19(20)18(6,7)8)14-9-11-15(12-10-14)17(3,4)5/h9-13,16H,1-8H3. The van der Waals surface area contributed by atoms with Crippen LogP contribution >= 0.6 is 0 Å². The molecule has 0 saturated heterocycles. The third kappa shape index (κ3) is 4.07. The lowest BCUT2D eigenvalue weighted by molar-refractivity contribution is -0.250. The first kappa shape index (κ1) is 17.2. The molecule has 0 fully saturated rings. The van der Waals surface area contributed by atoms with E-state index in [-0.39, 0.29) is 22.9 Å². The fraction of sp³-hybridized carbons (Fsp3) is 0.667. The maximum Gasteiger partial charge on any atom is 0.0661 e. The van der Waals surface area contributed by atoms with Gasteiger partial charge in [0.1, 0.15) is 0 Å². The number of nitrogens with zero attached hydrogens (tertiary/aromatic N) is 1. The molecule has 20 heavy (non-hydrogen) atoms. The highest BCUT2D eigenvalue weighted by Crippen LogP contribution is 2.33. The predicted molar refractivity (Wildman–Crippen MR) is 85.0 cm³/mol. The van der Waals surface area contributed by atoms with E-state index < -0.39 is 0 Å². The number of hydrogen-bond donors (Lipinski definition) is 0. The van der Waals surface area contributed by atoms with Gasteiger partial charge in [-0.25, -0.2) is 0 Å². The first-order valence-electron chi connectivity index (χ1n) is 7.51. The molecule has 0 amide bonds. The molecule has 2 heteroatoms. The fourth-order valence-corrected chi connectivity index (χ4v) is 2.39. The fourth-order valence-electron chi connectivity index (χ4n) is 2.39. The second kappa shape index (κ2) is 5.87. The molecule has 0 N–H and O–H groups in total. The van der Waals surface area contributed by atoms with Crippen molar-refractivity contribution in [2.24, 2.45) is 5.92 Å². The Morgan fingerprint density at radius 2 is 1.35 bits per heavy atom. The maximum absolute atomic E-state index is 12.6. The van der Waals surface area contributed by atoms with E-state index in [2.05, 4.69) is 58.9 Å². The normalized spacial score (nSPS) is 14.9. The van der Waals surface area contributed by atoms with Gasteiger partial charge in [0.25, 0.3) is 0 Å². The molecule has 1 unspecified atom stereocenters. The molecule has 1 atom stereocenters. The Morgan fingerprint density at radius 1 is 0.900 bits per heavy atom. The van der Waals surface area contributed by atoms with Crippen molar-refractivity contribution in [3.8, 4) is 0 Å². The molecule has 2 nitrogen and oxygen atoms in total. The Morgan fingerprint density at radius 3 is 1.65 bits per heavy atom. The molecule has 0 aromatic heterocycles. The summed E-state index contributed by atoms with van der Waals surface area (Å²) in [6.07, 6.45) is 0. The zero-order chi connectivity index (χ0) is 15.7. The van der Waals surface area contributed by atoms with Crippen molar-refractivity contribution >= 4 is 0 Å². The lowest BCUT2D eigenvalue weighted by Gasteiger charge is -2.37. The minimum atomic E-state index is -0.377. The summed E-state index contributed by atoms with van der Waals surface area (Å²) in [6, 6.07) is 8.44. The van der Waals surface area contributed by atoms with Crippen molar-refractivity contribution in [1.82, 2.24) is 5.06 Å². The van der Waals surface area contributed by atoms with Crippen molar-refractivity contribution in [2.45, 2.75) is 72.4 Å². The van der Waals surface area contributed by atoms with Crippen molar-refractivity contribution in [3.05, 3.63) is 35.4 Å². The van der Waals surface area contributed by atoms with Crippen LogP contribution in [-0.2, 0) is 10.6 Å². The van der Waals surface area contributed by atoms with E-state index in [1.54, 1.807) is 0 Å². The molecule has 113 valence electrons. The summed E-state index contributed by atoms with van der Waals surface area (Å²) in [7, 11) is 0. The third-order valence-corrected chi connectivity index (χ3v) is 3.66. The molecule has 0 bridgehead atoms. The average Bonchev–Trinajstić information content (AvgIpc) is 2.26. The summed E-state index contributed by atoms with van der Waals surface area (Å²) >= 11 is 0. The van der Waals surface area contributed by atoms with Crippen LogP contribution in [0.25, 0.3) is 0 Å².